The van der Waals surface area contributed by atoms with Gasteiger partial charge >= 0.3 is 0 Å². The normalized spacial score (nSPS) is 14.1. The molecule has 3 aromatic heterocycles. The van der Waals surface area contributed by atoms with Crippen LogP contribution in [0, 0.1) is 11.3 Å². The van der Waals surface area contributed by atoms with Crippen LogP contribution in [0.2, 0.25) is 5.02 Å². The number of hydrogen-bond donors (Lipinski definition) is 2. The lowest BCUT2D eigenvalue weighted by Gasteiger charge is -2.31. The van der Waals surface area contributed by atoms with Gasteiger partial charge in [-0.25, -0.2) is 0 Å². The number of piperazine rings is 1. The third-order valence-electron chi connectivity index (χ3n) is 8.39. The van der Waals surface area contributed by atoms with E-state index < -0.39 is 0 Å². The molecule has 2 aromatic carbocycles. The molecule has 12 heteroatoms. The number of halogens is 1. The highest BCUT2D eigenvalue weighted by molar-refractivity contribution is 6.35. The molecular formula is C36H38ClN9O2. The van der Waals surface area contributed by atoms with Crippen LogP contribution in [0.1, 0.15) is 30.8 Å². The Hall–Kier alpha value is -5.02. The summed E-state index contributed by atoms with van der Waals surface area (Å²) < 4.78 is 7.77. The Kier molecular flexibility index (Phi) is 10.2. The summed E-state index contributed by atoms with van der Waals surface area (Å²) in [5.74, 6) is 0.235. The van der Waals surface area contributed by atoms with Crippen molar-refractivity contribution in [1.82, 2.24) is 29.5 Å². The molecule has 1 aliphatic rings. The smallest absolute Gasteiger partial charge is 0.248 e. The molecule has 4 heterocycles. The van der Waals surface area contributed by atoms with Crippen molar-refractivity contribution in [3.63, 3.8) is 0 Å². The Morgan fingerprint density at radius 3 is 2.71 bits per heavy atom. The summed E-state index contributed by atoms with van der Waals surface area (Å²) in [4.78, 5) is 26.9. The minimum atomic E-state index is -0.266. The van der Waals surface area contributed by atoms with Crippen LogP contribution in [0.5, 0.6) is 5.75 Å². The Morgan fingerprint density at radius 2 is 1.98 bits per heavy atom. The number of rotatable bonds is 11. The number of carbonyl (C=O) groups is 1. The van der Waals surface area contributed by atoms with Gasteiger partial charge in [-0.2, -0.15) is 10.4 Å². The molecule has 0 spiro atoms. The molecule has 0 aliphatic carbocycles. The maximum Gasteiger partial charge on any atom is 0.248 e. The number of benzene rings is 2. The fraction of sp³-hybridized carbons (Fsp3) is 0.306. The van der Waals surface area contributed by atoms with Crippen LogP contribution in [-0.2, 0) is 17.8 Å². The lowest BCUT2D eigenvalue weighted by atomic mass is 10.0. The zero-order valence-corrected chi connectivity index (χ0v) is 28.1. The Bertz CT molecular complexity index is 2010. The second-order valence-electron chi connectivity index (χ2n) is 11.7. The average molecular weight is 664 g/mol. The third kappa shape index (κ3) is 7.26. The fourth-order valence-electron chi connectivity index (χ4n) is 5.90. The van der Waals surface area contributed by atoms with Crippen molar-refractivity contribution >= 4 is 56.4 Å². The largest absolute Gasteiger partial charge is 0.492 e. The summed E-state index contributed by atoms with van der Waals surface area (Å²) in [5.41, 5.74) is 5.09. The van der Waals surface area contributed by atoms with Crippen LogP contribution in [0.15, 0.2) is 67.0 Å². The number of likely N-dealkylation sites (N-methyl/N-ethyl adjacent to an activating group) is 1. The molecule has 1 fully saturated rings. The summed E-state index contributed by atoms with van der Waals surface area (Å²) in [5, 5.41) is 23.3. The van der Waals surface area contributed by atoms with Gasteiger partial charge in [0.05, 0.1) is 63.7 Å². The van der Waals surface area contributed by atoms with Crippen LogP contribution in [-0.4, -0.2) is 81.8 Å². The van der Waals surface area contributed by atoms with Gasteiger partial charge < -0.3 is 20.3 Å². The van der Waals surface area contributed by atoms with E-state index in [0.29, 0.717) is 76.1 Å². The second kappa shape index (κ2) is 14.8. The van der Waals surface area contributed by atoms with E-state index >= 15 is 0 Å². The second-order valence-corrected chi connectivity index (χ2v) is 12.1. The first kappa shape index (κ1) is 32.9. The Labute approximate surface area is 284 Å². The van der Waals surface area contributed by atoms with Crippen LogP contribution in [0.25, 0.3) is 21.8 Å². The number of aromatic nitrogens is 4. The number of pyridine rings is 2. The van der Waals surface area contributed by atoms with E-state index in [9.17, 15) is 10.1 Å². The van der Waals surface area contributed by atoms with Crippen LogP contribution in [0.3, 0.4) is 0 Å². The van der Waals surface area contributed by atoms with Crippen molar-refractivity contribution in [2.24, 2.45) is 0 Å². The first-order valence-electron chi connectivity index (χ1n) is 16.1. The highest BCUT2D eigenvalue weighted by atomic mass is 35.5. The number of amides is 1. The number of carbonyl (C=O) groups excluding carboxylic acids is 1. The molecule has 1 saturated heterocycles. The number of ether oxygens (including phenoxy) is 1. The quantitative estimate of drug-likeness (QED) is 0.164. The van der Waals surface area contributed by atoms with Gasteiger partial charge in [0.2, 0.25) is 5.91 Å². The maximum absolute atomic E-state index is 13.1. The minimum absolute atomic E-state index is 0.266. The van der Waals surface area contributed by atoms with Gasteiger partial charge in [0.25, 0.3) is 0 Å². The summed E-state index contributed by atoms with van der Waals surface area (Å²) in [7, 11) is 2.12. The molecule has 0 unspecified atom stereocenters. The molecule has 11 nitrogen and oxygen atoms in total. The van der Waals surface area contributed by atoms with E-state index in [-0.39, 0.29) is 5.91 Å². The van der Waals surface area contributed by atoms with E-state index in [0.717, 1.165) is 42.8 Å². The molecule has 0 atom stereocenters. The molecular weight excluding hydrogens is 626 g/mol. The number of nitrogens with one attached hydrogen (secondary N) is 2. The highest BCUT2D eigenvalue weighted by Gasteiger charge is 2.20. The van der Waals surface area contributed by atoms with Crippen molar-refractivity contribution < 1.29 is 9.53 Å². The molecule has 1 aliphatic heterocycles. The van der Waals surface area contributed by atoms with Gasteiger partial charge in [0.15, 0.2) is 0 Å². The Morgan fingerprint density at radius 1 is 1.15 bits per heavy atom. The van der Waals surface area contributed by atoms with E-state index in [1.165, 1.54) is 0 Å². The molecule has 0 saturated carbocycles. The summed E-state index contributed by atoms with van der Waals surface area (Å²) in [6, 6.07) is 15.5. The number of fused-ring (bicyclic) bond motifs is 2. The molecule has 0 bridgehead atoms. The maximum atomic E-state index is 13.1. The number of nitrogens with zero attached hydrogens (tertiary/aromatic N) is 7. The number of anilines is 3. The monoisotopic (exact) mass is 663 g/mol. The van der Waals surface area contributed by atoms with Gasteiger partial charge in [-0.15, -0.1) is 0 Å². The van der Waals surface area contributed by atoms with Crippen molar-refractivity contribution in [2.45, 2.75) is 26.8 Å². The number of hydrogen-bond acceptors (Lipinski definition) is 9. The van der Waals surface area contributed by atoms with E-state index in [4.69, 9.17) is 21.3 Å². The van der Waals surface area contributed by atoms with Crippen molar-refractivity contribution in [3.05, 3.63) is 89.0 Å². The van der Waals surface area contributed by atoms with Gasteiger partial charge in [0.1, 0.15) is 11.8 Å². The predicted octanol–water partition coefficient (Wildman–Crippen LogP) is 6.00. The van der Waals surface area contributed by atoms with Crippen LogP contribution >= 0.6 is 11.6 Å². The SMILES string of the molecule is CCOc1cc2nc(CC)c(C#N)c(Nc3cc(Cl)c4c(cnn4Cc4ccccn4)c3)c2cc1NC(=O)/C=C/CN1CCN(C)CC1. The zero-order chi connectivity index (χ0) is 33.6. The molecule has 0 radical (unpaired) electrons. The van der Waals surface area contributed by atoms with E-state index in [1.807, 2.05) is 67.1 Å². The third-order valence-corrected chi connectivity index (χ3v) is 8.68. The molecule has 1 amide bonds. The van der Waals surface area contributed by atoms with Crippen molar-refractivity contribution in [1.29, 1.82) is 5.26 Å². The molecule has 2 N–H and O–H groups in total. The standard InChI is InChI=1S/C36H38ClN9O2/c1-4-30-28(21-38)35(41-26-17-24-22-40-46(36(24)29(37)18-26)23-25-9-6-7-11-39-25)27-19-32(33(48-5-2)20-31(27)42-30)43-34(47)10-8-12-45-15-13-44(3)14-16-45/h6-11,17-20,22H,4-5,12-16,23H2,1-3H3,(H,41,42)(H,43,47)/b10-8+. The summed E-state index contributed by atoms with van der Waals surface area (Å²) in [6.45, 7) is 9.40. The lowest BCUT2D eigenvalue weighted by molar-refractivity contribution is -0.111. The fourth-order valence-corrected chi connectivity index (χ4v) is 6.22. The van der Waals surface area contributed by atoms with Crippen molar-refractivity contribution in [2.75, 3.05) is 57.0 Å². The Balaban J connectivity index is 1.33. The molecule has 6 rings (SSSR count). The molecule has 5 aromatic rings. The van der Waals surface area contributed by atoms with Crippen molar-refractivity contribution in [3.8, 4) is 11.8 Å². The zero-order valence-electron chi connectivity index (χ0n) is 27.3. The predicted molar refractivity (Wildman–Crippen MR) is 190 cm³/mol. The summed E-state index contributed by atoms with van der Waals surface area (Å²) >= 11 is 6.85. The first-order valence-corrected chi connectivity index (χ1v) is 16.5. The van der Waals surface area contributed by atoms with Gasteiger partial charge in [-0.05, 0) is 50.7 Å². The number of nitriles is 1. The average Bonchev–Trinajstić information content (AvgIpc) is 3.49. The van der Waals surface area contributed by atoms with Crippen LogP contribution < -0.4 is 15.4 Å². The lowest BCUT2D eigenvalue weighted by Crippen LogP contribution is -2.44. The first-order chi connectivity index (χ1) is 23.4. The highest BCUT2D eigenvalue weighted by Crippen LogP contribution is 2.39. The summed E-state index contributed by atoms with van der Waals surface area (Å²) in [6.07, 6.45) is 7.51. The van der Waals surface area contributed by atoms with Gasteiger partial charge in [0, 0.05) is 67.5 Å². The topological polar surface area (TPSA) is 124 Å². The minimum Gasteiger partial charge on any atom is -0.492 e. The van der Waals surface area contributed by atoms with Gasteiger partial charge in [-0.3, -0.25) is 24.3 Å². The molecule has 246 valence electrons. The molecule has 48 heavy (non-hydrogen) atoms. The number of aryl methyl sites for hydroxylation is 1. The van der Waals surface area contributed by atoms with Crippen LogP contribution in [0.4, 0.5) is 17.1 Å². The van der Waals surface area contributed by atoms with E-state index in [1.54, 1.807) is 18.5 Å². The van der Waals surface area contributed by atoms with E-state index in [2.05, 4.69) is 43.6 Å². The van der Waals surface area contributed by atoms with Gasteiger partial charge in [-0.1, -0.05) is 30.7 Å².